The molecular weight excluding hydrogens is 355 g/mol. The molecule has 1 saturated heterocycles. The van der Waals surface area contributed by atoms with Crippen molar-refractivity contribution in [2.75, 3.05) is 13.1 Å². The van der Waals surface area contributed by atoms with Crippen molar-refractivity contribution in [3.05, 3.63) is 65.5 Å². The third-order valence-corrected chi connectivity index (χ3v) is 5.29. The maximum Gasteiger partial charge on any atom is 0.416 e. The predicted octanol–water partition coefficient (Wildman–Crippen LogP) is 4.26. The monoisotopic (exact) mass is 375 g/mol. The standard InChI is InChI=1S/C20H20F3N3O/c21-20(22,23)17-3-1-2-16(12-17)18-13-19(27-25-18)6-10-26(11-7-19)14-15-4-8-24-9-5-15/h1-5,8-9,12H,6-7,10-11,13-14H2. The Balaban J connectivity index is 1.38. The molecule has 2 aliphatic heterocycles. The van der Waals surface area contributed by atoms with Crippen LogP contribution in [0.5, 0.6) is 0 Å². The first kappa shape index (κ1) is 18.0. The fourth-order valence-electron chi connectivity index (χ4n) is 3.68. The molecule has 0 bridgehead atoms. The molecule has 0 unspecified atom stereocenters. The van der Waals surface area contributed by atoms with Gasteiger partial charge in [-0.1, -0.05) is 17.3 Å². The van der Waals surface area contributed by atoms with Crippen molar-refractivity contribution in [3.8, 4) is 0 Å². The van der Waals surface area contributed by atoms with Gasteiger partial charge in [-0.05, 0) is 29.8 Å². The summed E-state index contributed by atoms with van der Waals surface area (Å²) in [6.07, 6.45) is 1.39. The van der Waals surface area contributed by atoms with E-state index in [-0.39, 0.29) is 0 Å². The molecule has 1 aromatic carbocycles. The van der Waals surface area contributed by atoms with E-state index in [0.717, 1.165) is 44.6 Å². The van der Waals surface area contributed by atoms with Crippen LogP contribution in [0.25, 0.3) is 0 Å². The molecule has 3 heterocycles. The summed E-state index contributed by atoms with van der Waals surface area (Å²) < 4.78 is 38.8. The molecule has 2 aliphatic rings. The predicted molar refractivity (Wildman–Crippen MR) is 95.2 cm³/mol. The molecule has 0 amide bonds. The summed E-state index contributed by atoms with van der Waals surface area (Å²) in [5, 5.41) is 4.14. The Morgan fingerprint density at radius 3 is 2.52 bits per heavy atom. The van der Waals surface area contributed by atoms with E-state index in [9.17, 15) is 13.2 Å². The smallest absolute Gasteiger partial charge is 0.388 e. The Labute approximate surface area is 155 Å². The Hall–Kier alpha value is -2.41. The first-order valence-electron chi connectivity index (χ1n) is 8.98. The SMILES string of the molecule is FC(F)(F)c1cccc(C2=NOC3(CCN(Cc4ccncc4)CC3)C2)c1. The van der Waals surface area contributed by atoms with E-state index in [4.69, 9.17) is 4.84 Å². The van der Waals surface area contributed by atoms with Gasteiger partial charge in [-0.15, -0.1) is 0 Å². The highest BCUT2D eigenvalue weighted by molar-refractivity contribution is 6.01. The number of hydrogen-bond acceptors (Lipinski definition) is 4. The number of benzene rings is 1. The van der Waals surface area contributed by atoms with Crippen LogP contribution in [0.15, 0.2) is 53.9 Å². The van der Waals surface area contributed by atoms with E-state index in [2.05, 4.69) is 15.0 Å². The number of alkyl halides is 3. The zero-order valence-corrected chi connectivity index (χ0v) is 14.7. The second kappa shape index (κ2) is 6.96. The molecule has 2 aromatic rings. The molecule has 4 nitrogen and oxygen atoms in total. The molecule has 0 aliphatic carbocycles. The molecule has 0 atom stereocenters. The lowest BCUT2D eigenvalue weighted by molar-refractivity contribution is -0.137. The fraction of sp³-hybridized carbons (Fsp3) is 0.400. The van der Waals surface area contributed by atoms with Crippen LogP contribution >= 0.6 is 0 Å². The maximum atomic E-state index is 12.9. The number of halogens is 3. The summed E-state index contributed by atoms with van der Waals surface area (Å²) in [4.78, 5) is 12.1. The molecule has 0 radical (unpaired) electrons. The van der Waals surface area contributed by atoms with Gasteiger partial charge in [0.05, 0.1) is 11.3 Å². The summed E-state index contributed by atoms with van der Waals surface area (Å²) in [7, 11) is 0. The van der Waals surface area contributed by atoms with Crippen LogP contribution in [0, 0.1) is 0 Å². The van der Waals surface area contributed by atoms with Crippen LogP contribution in [-0.2, 0) is 17.6 Å². The topological polar surface area (TPSA) is 37.7 Å². The van der Waals surface area contributed by atoms with E-state index in [0.29, 0.717) is 17.7 Å². The average Bonchev–Trinajstić information content (AvgIpc) is 3.08. The van der Waals surface area contributed by atoms with Gasteiger partial charge in [0.15, 0.2) is 0 Å². The Morgan fingerprint density at radius 1 is 1.07 bits per heavy atom. The molecule has 1 aromatic heterocycles. The van der Waals surface area contributed by atoms with E-state index in [1.54, 1.807) is 18.5 Å². The van der Waals surface area contributed by atoms with E-state index in [1.807, 2.05) is 12.1 Å². The maximum absolute atomic E-state index is 12.9. The van der Waals surface area contributed by atoms with Gasteiger partial charge < -0.3 is 4.84 Å². The highest BCUT2D eigenvalue weighted by atomic mass is 19.4. The molecule has 7 heteroatoms. The van der Waals surface area contributed by atoms with Crippen LogP contribution in [0.4, 0.5) is 13.2 Å². The zero-order chi connectivity index (χ0) is 18.9. The van der Waals surface area contributed by atoms with Gasteiger partial charge in [0.1, 0.15) is 5.60 Å². The van der Waals surface area contributed by atoms with Gasteiger partial charge in [-0.3, -0.25) is 9.88 Å². The number of oxime groups is 1. The highest BCUT2D eigenvalue weighted by Gasteiger charge is 2.42. The molecule has 1 fully saturated rings. The number of aromatic nitrogens is 1. The normalized spacial score (nSPS) is 19.7. The van der Waals surface area contributed by atoms with Crippen LogP contribution in [0.2, 0.25) is 0 Å². The lowest BCUT2D eigenvalue weighted by Gasteiger charge is -2.37. The lowest BCUT2D eigenvalue weighted by Crippen LogP contribution is -2.44. The molecular formula is C20H20F3N3O. The van der Waals surface area contributed by atoms with Crippen LogP contribution < -0.4 is 0 Å². The van der Waals surface area contributed by atoms with E-state index in [1.165, 1.54) is 11.6 Å². The van der Waals surface area contributed by atoms with Gasteiger partial charge in [0, 0.05) is 56.9 Å². The Bertz CT molecular complexity index is 828. The quantitative estimate of drug-likeness (QED) is 0.805. The molecule has 27 heavy (non-hydrogen) atoms. The fourth-order valence-corrected chi connectivity index (χ4v) is 3.68. The molecule has 4 rings (SSSR count). The van der Waals surface area contributed by atoms with Crippen molar-refractivity contribution < 1.29 is 18.0 Å². The molecule has 1 spiro atoms. The van der Waals surface area contributed by atoms with Crippen LogP contribution in [0.1, 0.15) is 36.0 Å². The molecule has 0 saturated carbocycles. The van der Waals surface area contributed by atoms with Crippen molar-refractivity contribution in [1.82, 2.24) is 9.88 Å². The van der Waals surface area contributed by atoms with Gasteiger partial charge in [-0.2, -0.15) is 13.2 Å². The second-order valence-corrected chi connectivity index (χ2v) is 7.20. The zero-order valence-electron chi connectivity index (χ0n) is 14.7. The second-order valence-electron chi connectivity index (χ2n) is 7.20. The third-order valence-electron chi connectivity index (χ3n) is 5.29. The molecule has 142 valence electrons. The number of likely N-dealkylation sites (tertiary alicyclic amines) is 1. The number of piperidine rings is 1. The van der Waals surface area contributed by atoms with Crippen molar-refractivity contribution >= 4 is 5.71 Å². The van der Waals surface area contributed by atoms with Crippen molar-refractivity contribution in [3.63, 3.8) is 0 Å². The Morgan fingerprint density at radius 2 is 1.81 bits per heavy atom. The first-order chi connectivity index (χ1) is 12.9. The van der Waals surface area contributed by atoms with E-state index < -0.39 is 17.3 Å². The third kappa shape index (κ3) is 3.98. The summed E-state index contributed by atoms with van der Waals surface area (Å²) in [6, 6.07) is 9.32. The van der Waals surface area contributed by atoms with Gasteiger partial charge in [0.2, 0.25) is 0 Å². The van der Waals surface area contributed by atoms with Gasteiger partial charge in [0.25, 0.3) is 0 Å². The van der Waals surface area contributed by atoms with Crippen LogP contribution in [-0.4, -0.2) is 34.3 Å². The Kier molecular flexibility index (Phi) is 4.63. The number of hydrogen-bond donors (Lipinski definition) is 0. The minimum atomic E-state index is -4.36. The minimum Gasteiger partial charge on any atom is -0.388 e. The number of nitrogens with zero attached hydrogens (tertiary/aromatic N) is 3. The summed E-state index contributed by atoms with van der Waals surface area (Å²) in [5.74, 6) is 0. The lowest BCUT2D eigenvalue weighted by atomic mass is 9.85. The summed E-state index contributed by atoms with van der Waals surface area (Å²) in [6.45, 7) is 2.60. The van der Waals surface area contributed by atoms with E-state index >= 15 is 0 Å². The van der Waals surface area contributed by atoms with Gasteiger partial charge >= 0.3 is 6.18 Å². The van der Waals surface area contributed by atoms with Crippen molar-refractivity contribution in [2.24, 2.45) is 5.16 Å². The van der Waals surface area contributed by atoms with Crippen LogP contribution in [0.3, 0.4) is 0 Å². The minimum absolute atomic E-state index is 0.391. The summed E-state index contributed by atoms with van der Waals surface area (Å²) in [5.41, 5.74) is 1.26. The highest BCUT2D eigenvalue weighted by Crippen LogP contribution is 2.37. The van der Waals surface area contributed by atoms with Crippen molar-refractivity contribution in [2.45, 2.75) is 37.6 Å². The number of rotatable bonds is 3. The van der Waals surface area contributed by atoms with Crippen molar-refractivity contribution in [1.29, 1.82) is 0 Å². The number of pyridine rings is 1. The van der Waals surface area contributed by atoms with Gasteiger partial charge in [-0.25, -0.2) is 0 Å². The molecule has 0 N–H and O–H groups in total. The first-order valence-corrected chi connectivity index (χ1v) is 8.98. The summed E-state index contributed by atoms with van der Waals surface area (Å²) >= 11 is 0. The largest absolute Gasteiger partial charge is 0.416 e. The average molecular weight is 375 g/mol.